The van der Waals surface area contributed by atoms with Crippen LogP contribution in [0.15, 0.2) is 73.5 Å². The Labute approximate surface area is 197 Å². The van der Waals surface area contributed by atoms with E-state index in [1.54, 1.807) is 0 Å². The Kier molecular flexibility index (Phi) is 7.91. The second-order valence-electron chi connectivity index (χ2n) is 9.20. The first-order valence-corrected chi connectivity index (χ1v) is 11.7. The van der Waals surface area contributed by atoms with Crippen molar-refractivity contribution in [3.63, 3.8) is 0 Å². The molecule has 0 bridgehead atoms. The van der Waals surface area contributed by atoms with Gasteiger partial charge in [0.1, 0.15) is 6.61 Å². The maximum atomic E-state index is 6.43. The molecule has 1 N–H and O–H groups in total. The van der Waals surface area contributed by atoms with Gasteiger partial charge in [0.2, 0.25) is 0 Å². The summed E-state index contributed by atoms with van der Waals surface area (Å²) in [5, 5.41) is 5.40. The van der Waals surface area contributed by atoms with Crippen LogP contribution in [0.25, 0.3) is 0 Å². The zero-order chi connectivity index (χ0) is 22.6. The van der Waals surface area contributed by atoms with Gasteiger partial charge in [-0.1, -0.05) is 80.9 Å². The summed E-state index contributed by atoms with van der Waals surface area (Å²) in [7, 11) is 0. The standard InChI is InChI=1S/C27H33Cl2NO/c1-6-14-27(5)16-24(21-8-7-9-23(29)15-21)26(20-10-12-22(28)13-11-20)30-25(18(2)3)17-31-19(27)4/h6-13,15,18,24-26,30H,1,4,14,16-17H2,2-3,5H3/t24-,25+,26-,27+/m0/s1. The van der Waals surface area contributed by atoms with Crippen molar-refractivity contribution in [1.82, 2.24) is 5.32 Å². The summed E-state index contributed by atoms with van der Waals surface area (Å²) in [5.74, 6) is 1.37. The predicted octanol–water partition coefficient (Wildman–Crippen LogP) is 7.95. The van der Waals surface area contributed by atoms with Crippen LogP contribution in [0.2, 0.25) is 10.0 Å². The lowest BCUT2D eigenvalue weighted by Crippen LogP contribution is -2.41. The van der Waals surface area contributed by atoms with Gasteiger partial charge in [-0.3, -0.25) is 0 Å². The van der Waals surface area contributed by atoms with E-state index in [2.05, 4.69) is 63.5 Å². The summed E-state index contributed by atoms with van der Waals surface area (Å²) in [5.41, 5.74) is 2.16. The van der Waals surface area contributed by atoms with Crippen LogP contribution in [0.3, 0.4) is 0 Å². The summed E-state index contributed by atoms with van der Waals surface area (Å²) in [6.07, 6.45) is 3.61. The Bertz CT molecular complexity index is 908. The first-order chi connectivity index (χ1) is 14.7. The number of allylic oxidation sites excluding steroid dienone is 2. The van der Waals surface area contributed by atoms with Crippen LogP contribution in [-0.4, -0.2) is 12.6 Å². The van der Waals surface area contributed by atoms with Gasteiger partial charge in [-0.25, -0.2) is 0 Å². The highest BCUT2D eigenvalue weighted by Crippen LogP contribution is 2.47. The second kappa shape index (κ2) is 10.3. The first kappa shape index (κ1) is 23.9. The molecule has 0 unspecified atom stereocenters. The third-order valence-corrected chi connectivity index (χ3v) is 6.97. The number of hydrogen-bond donors (Lipinski definition) is 1. The quantitative estimate of drug-likeness (QED) is 0.459. The minimum atomic E-state index is -0.243. The van der Waals surface area contributed by atoms with Gasteiger partial charge in [0.05, 0.1) is 5.76 Å². The Balaban J connectivity index is 2.17. The van der Waals surface area contributed by atoms with Crippen LogP contribution in [0, 0.1) is 11.3 Å². The molecule has 2 aromatic carbocycles. The fraction of sp³-hybridized carbons (Fsp3) is 0.407. The Morgan fingerprint density at radius 1 is 1.13 bits per heavy atom. The zero-order valence-corrected chi connectivity index (χ0v) is 20.2. The van der Waals surface area contributed by atoms with Crippen LogP contribution in [-0.2, 0) is 4.74 Å². The highest BCUT2D eigenvalue weighted by Gasteiger charge is 2.39. The van der Waals surface area contributed by atoms with Crippen LogP contribution >= 0.6 is 23.2 Å². The topological polar surface area (TPSA) is 21.3 Å². The summed E-state index contributed by atoms with van der Waals surface area (Å²) >= 11 is 12.6. The Morgan fingerprint density at radius 2 is 1.84 bits per heavy atom. The molecule has 1 fully saturated rings. The lowest BCUT2D eigenvalue weighted by molar-refractivity contribution is 0.110. The molecule has 4 atom stereocenters. The van der Waals surface area contributed by atoms with Gasteiger partial charge in [-0.15, -0.1) is 6.58 Å². The zero-order valence-electron chi connectivity index (χ0n) is 18.7. The van der Waals surface area contributed by atoms with Gasteiger partial charge in [-0.2, -0.15) is 0 Å². The van der Waals surface area contributed by atoms with Gasteiger partial charge >= 0.3 is 0 Å². The predicted molar refractivity (Wildman–Crippen MR) is 133 cm³/mol. The van der Waals surface area contributed by atoms with E-state index in [0.717, 1.165) is 28.6 Å². The molecular weight excluding hydrogens is 425 g/mol. The molecule has 0 radical (unpaired) electrons. The second-order valence-corrected chi connectivity index (χ2v) is 10.1. The molecule has 1 saturated heterocycles. The maximum absolute atomic E-state index is 6.43. The molecule has 1 aliphatic heterocycles. The van der Waals surface area contributed by atoms with E-state index in [9.17, 15) is 0 Å². The lowest BCUT2D eigenvalue weighted by Gasteiger charge is -2.37. The van der Waals surface area contributed by atoms with Crippen molar-refractivity contribution < 1.29 is 4.74 Å². The van der Waals surface area contributed by atoms with Crippen LogP contribution in [0.4, 0.5) is 0 Å². The molecule has 0 aromatic heterocycles. The Hall–Kier alpha value is -1.74. The average Bonchev–Trinajstić information content (AvgIpc) is 2.78. The third kappa shape index (κ3) is 5.74. The minimum absolute atomic E-state index is 0.0711. The summed E-state index contributed by atoms with van der Waals surface area (Å²) in [6, 6.07) is 16.6. The molecule has 2 aromatic rings. The fourth-order valence-corrected chi connectivity index (χ4v) is 4.75. The van der Waals surface area contributed by atoms with Gasteiger partial charge in [-0.05, 0) is 54.2 Å². The molecule has 3 rings (SSSR count). The third-order valence-electron chi connectivity index (χ3n) is 6.48. The van der Waals surface area contributed by atoms with Gasteiger partial charge in [0.25, 0.3) is 0 Å². The first-order valence-electron chi connectivity index (χ1n) is 10.9. The van der Waals surface area contributed by atoms with Crippen LogP contribution in [0.1, 0.15) is 56.7 Å². The van der Waals surface area contributed by atoms with Crippen LogP contribution in [0.5, 0.6) is 0 Å². The SMILES string of the molecule is C=CC[C@]1(C)C[C@@H](c2cccc(Cl)c2)[C@H](c2ccc(Cl)cc2)N[C@@H](C(C)C)COC1=C. The van der Waals surface area contributed by atoms with E-state index in [1.165, 1.54) is 11.1 Å². The van der Waals surface area contributed by atoms with Crippen molar-refractivity contribution in [2.45, 2.75) is 51.6 Å². The van der Waals surface area contributed by atoms with E-state index >= 15 is 0 Å². The summed E-state index contributed by atoms with van der Waals surface area (Å²) < 4.78 is 6.26. The van der Waals surface area contributed by atoms with E-state index in [-0.39, 0.29) is 23.4 Å². The van der Waals surface area contributed by atoms with E-state index in [1.807, 2.05) is 30.3 Å². The van der Waals surface area contributed by atoms with Gasteiger partial charge < -0.3 is 10.1 Å². The van der Waals surface area contributed by atoms with Crippen molar-refractivity contribution in [3.8, 4) is 0 Å². The number of halogens is 2. The van der Waals surface area contributed by atoms with Crippen molar-refractivity contribution in [2.75, 3.05) is 6.61 Å². The lowest BCUT2D eigenvalue weighted by atomic mass is 9.71. The molecule has 0 spiro atoms. The molecule has 31 heavy (non-hydrogen) atoms. The van der Waals surface area contributed by atoms with Gasteiger partial charge in [0, 0.05) is 33.5 Å². The van der Waals surface area contributed by atoms with E-state index in [4.69, 9.17) is 27.9 Å². The molecule has 0 amide bonds. The Morgan fingerprint density at radius 3 is 2.45 bits per heavy atom. The highest BCUT2D eigenvalue weighted by atomic mass is 35.5. The molecule has 0 aliphatic carbocycles. The van der Waals surface area contributed by atoms with Crippen molar-refractivity contribution in [3.05, 3.63) is 94.7 Å². The monoisotopic (exact) mass is 457 g/mol. The van der Waals surface area contributed by atoms with Crippen molar-refractivity contribution in [1.29, 1.82) is 0 Å². The number of hydrogen-bond acceptors (Lipinski definition) is 2. The van der Waals surface area contributed by atoms with Crippen LogP contribution < -0.4 is 5.32 Å². The van der Waals surface area contributed by atoms with E-state index in [0.29, 0.717) is 12.5 Å². The summed E-state index contributed by atoms with van der Waals surface area (Å²) in [6.45, 7) is 15.6. The van der Waals surface area contributed by atoms with E-state index < -0.39 is 0 Å². The molecular formula is C27H33Cl2NO. The maximum Gasteiger partial charge on any atom is 0.103 e. The van der Waals surface area contributed by atoms with Crippen molar-refractivity contribution in [2.24, 2.45) is 11.3 Å². The molecule has 166 valence electrons. The largest absolute Gasteiger partial charge is 0.496 e. The highest BCUT2D eigenvalue weighted by molar-refractivity contribution is 6.30. The van der Waals surface area contributed by atoms with Gasteiger partial charge in [0.15, 0.2) is 0 Å². The summed E-state index contributed by atoms with van der Waals surface area (Å²) in [4.78, 5) is 0. The number of ether oxygens (including phenoxy) is 1. The molecule has 1 aliphatic rings. The fourth-order valence-electron chi connectivity index (χ4n) is 4.42. The van der Waals surface area contributed by atoms with Crippen molar-refractivity contribution >= 4 is 23.2 Å². The number of benzene rings is 2. The number of rotatable bonds is 5. The molecule has 4 heteroatoms. The normalized spacial score (nSPS) is 27.2. The number of nitrogens with one attached hydrogen (secondary N) is 1. The average molecular weight is 458 g/mol. The minimum Gasteiger partial charge on any atom is -0.496 e. The smallest absolute Gasteiger partial charge is 0.103 e. The molecule has 2 nitrogen and oxygen atoms in total. The molecule has 0 saturated carbocycles. The molecule has 1 heterocycles.